The van der Waals surface area contributed by atoms with E-state index in [4.69, 9.17) is 4.74 Å². The summed E-state index contributed by atoms with van der Waals surface area (Å²) in [4.78, 5) is 26.9. The van der Waals surface area contributed by atoms with Crippen molar-refractivity contribution in [2.75, 3.05) is 20.3 Å². The number of aliphatic hydroxyl groups is 1. The molecule has 1 atom stereocenters. The number of methoxy groups -OCH3 is 1. The molecular formula is C23H24FNO4. The SMILES string of the molecule is CCc1ccc(C2/C(=C(/O)c3ccc(F)c(C)c3)C(=O)C(=O)N2CCOC)cc1. The number of halogens is 1. The van der Waals surface area contributed by atoms with Gasteiger partial charge in [0.2, 0.25) is 0 Å². The molecule has 1 heterocycles. The number of carbonyl (C=O) groups excluding carboxylic acids is 2. The zero-order chi connectivity index (χ0) is 21.1. The quantitative estimate of drug-likeness (QED) is 0.458. The average Bonchev–Trinajstić information content (AvgIpc) is 2.98. The number of ether oxygens (including phenoxy) is 1. The summed E-state index contributed by atoms with van der Waals surface area (Å²) >= 11 is 0. The van der Waals surface area contributed by atoms with Crippen LogP contribution in [0.3, 0.4) is 0 Å². The highest BCUT2D eigenvalue weighted by Gasteiger charge is 2.45. The summed E-state index contributed by atoms with van der Waals surface area (Å²) in [5.41, 5.74) is 2.48. The van der Waals surface area contributed by atoms with Crippen LogP contribution in [0.4, 0.5) is 4.39 Å². The maximum Gasteiger partial charge on any atom is 0.295 e. The zero-order valence-corrected chi connectivity index (χ0v) is 16.7. The van der Waals surface area contributed by atoms with E-state index >= 15 is 0 Å². The molecule has 1 fully saturated rings. The fourth-order valence-electron chi connectivity index (χ4n) is 3.53. The van der Waals surface area contributed by atoms with Crippen LogP contribution in [0.1, 0.15) is 35.2 Å². The van der Waals surface area contributed by atoms with E-state index in [1.54, 1.807) is 6.92 Å². The minimum Gasteiger partial charge on any atom is -0.507 e. The van der Waals surface area contributed by atoms with Crippen LogP contribution >= 0.6 is 0 Å². The molecular weight excluding hydrogens is 373 g/mol. The summed E-state index contributed by atoms with van der Waals surface area (Å²) in [6.45, 7) is 4.08. The third-order valence-electron chi connectivity index (χ3n) is 5.21. The molecule has 6 heteroatoms. The molecule has 2 aromatic carbocycles. The van der Waals surface area contributed by atoms with Crippen LogP contribution in [-0.4, -0.2) is 42.0 Å². The summed E-state index contributed by atoms with van der Waals surface area (Å²) in [7, 11) is 1.52. The number of likely N-dealkylation sites (tertiary alicyclic amines) is 1. The molecule has 0 aromatic heterocycles. The van der Waals surface area contributed by atoms with Gasteiger partial charge in [0.1, 0.15) is 11.6 Å². The Morgan fingerprint density at radius 2 is 1.86 bits per heavy atom. The number of amides is 1. The van der Waals surface area contributed by atoms with Crippen molar-refractivity contribution in [2.45, 2.75) is 26.3 Å². The minimum atomic E-state index is -0.759. The van der Waals surface area contributed by atoms with E-state index in [-0.39, 0.29) is 24.5 Å². The lowest BCUT2D eigenvalue weighted by Crippen LogP contribution is -2.32. The average molecular weight is 397 g/mol. The van der Waals surface area contributed by atoms with Crippen LogP contribution in [0.5, 0.6) is 0 Å². The number of ketones is 1. The molecule has 2 aromatic rings. The second-order valence-electron chi connectivity index (χ2n) is 7.04. The smallest absolute Gasteiger partial charge is 0.295 e. The highest BCUT2D eigenvalue weighted by molar-refractivity contribution is 6.46. The first-order valence-corrected chi connectivity index (χ1v) is 9.51. The van der Waals surface area contributed by atoms with Crippen molar-refractivity contribution < 1.29 is 23.8 Å². The topological polar surface area (TPSA) is 66.8 Å². The second-order valence-corrected chi connectivity index (χ2v) is 7.04. The van der Waals surface area contributed by atoms with Crippen molar-refractivity contribution in [2.24, 2.45) is 0 Å². The van der Waals surface area contributed by atoms with E-state index in [0.29, 0.717) is 11.1 Å². The molecule has 0 saturated carbocycles. The molecule has 1 saturated heterocycles. The van der Waals surface area contributed by atoms with Gasteiger partial charge in [0.05, 0.1) is 18.2 Å². The maximum absolute atomic E-state index is 13.7. The van der Waals surface area contributed by atoms with Gasteiger partial charge in [-0.15, -0.1) is 0 Å². The second kappa shape index (κ2) is 8.57. The normalized spacial score (nSPS) is 18.5. The zero-order valence-electron chi connectivity index (χ0n) is 16.7. The molecule has 1 amide bonds. The Balaban J connectivity index is 2.15. The molecule has 1 N–H and O–H groups in total. The first kappa shape index (κ1) is 20.7. The number of hydrogen-bond donors (Lipinski definition) is 1. The minimum absolute atomic E-state index is 0.00126. The molecule has 5 nitrogen and oxygen atoms in total. The lowest BCUT2D eigenvalue weighted by molar-refractivity contribution is -0.140. The number of Topliss-reactive ketones (excluding diaryl/α,β-unsaturated/α-hetero) is 1. The van der Waals surface area contributed by atoms with Crippen molar-refractivity contribution in [3.8, 4) is 0 Å². The lowest BCUT2D eigenvalue weighted by atomic mass is 9.94. The molecule has 0 bridgehead atoms. The highest BCUT2D eigenvalue weighted by atomic mass is 19.1. The van der Waals surface area contributed by atoms with Gasteiger partial charge in [-0.3, -0.25) is 9.59 Å². The number of hydrogen-bond acceptors (Lipinski definition) is 4. The fraction of sp³-hybridized carbons (Fsp3) is 0.304. The molecule has 0 aliphatic carbocycles. The molecule has 29 heavy (non-hydrogen) atoms. The van der Waals surface area contributed by atoms with Crippen LogP contribution in [0.25, 0.3) is 5.76 Å². The Morgan fingerprint density at radius 3 is 2.45 bits per heavy atom. The summed E-state index contributed by atoms with van der Waals surface area (Å²) in [6, 6.07) is 11.0. The molecule has 3 rings (SSSR count). The van der Waals surface area contributed by atoms with Crippen molar-refractivity contribution in [3.05, 3.63) is 76.1 Å². The van der Waals surface area contributed by atoms with E-state index in [9.17, 15) is 19.1 Å². The van der Waals surface area contributed by atoms with E-state index in [2.05, 4.69) is 0 Å². The summed E-state index contributed by atoms with van der Waals surface area (Å²) in [6.07, 6.45) is 0.860. The fourth-order valence-corrected chi connectivity index (χ4v) is 3.53. The number of aryl methyl sites for hydroxylation is 2. The molecule has 1 aliphatic rings. The van der Waals surface area contributed by atoms with Gasteiger partial charge in [-0.05, 0) is 48.2 Å². The third-order valence-corrected chi connectivity index (χ3v) is 5.21. The van der Waals surface area contributed by atoms with Crippen molar-refractivity contribution in [1.82, 2.24) is 4.90 Å². The summed E-state index contributed by atoms with van der Waals surface area (Å²) in [5.74, 6) is -2.16. The van der Waals surface area contributed by atoms with Crippen LogP contribution in [0.2, 0.25) is 0 Å². The molecule has 152 valence electrons. The van der Waals surface area contributed by atoms with Gasteiger partial charge in [0, 0.05) is 19.2 Å². The first-order valence-electron chi connectivity index (χ1n) is 9.51. The molecule has 1 aliphatic heterocycles. The Labute approximate surface area is 169 Å². The number of nitrogens with zero attached hydrogens (tertiary/aromatic N) is 1. The third kappa shape index (κ3) is 3.93. The van der Waals surface area contributed by atoms with Gasteiger partial charge >= 0.3 is 0 Å². The van der Waals surface area contributed by atoms with Gasteiger partial charge in [0.15, 0.2) is 0 Å². The van der Waals surface area contributed by atoms with Crippen molar-refractivity contribution in [3.63, 3.8) is 0 Å². The number of aliphatic hydroxyl groups excluding tert-OH is 1. The summed E-state index contributed by atoms with van der Waals surface area (Å²) in [5, 5.41) is 10.9. The predicted molar refractivity (Wildman–Crippen MR) is 108 cm³/mol. The van der Waals surface area contributed by atoms with Gasteiger partial charge in [0.25, 0.3) is 11.7 Å². The lowest BCUT2D eigenvalue weighted by Gasteiger charge is -2.25. The first-order chi connectivity index (χ1) is 13.9. The summed E-state index contributed by atoms with van der Waals surface area (Å²) < 4.78 is 18.7. The molecule has 0 spiro atoms. The molecule has 0 radical (unpaired) electrons. The standard InChI is InChI=1S/C23H24FNO4/c1-4-15-5-7-16(8-6-15)20-19(22(27)23(28)25(20)11-12-29-3)21(26)17-9-10-18(24)14(2)13-17/h5-10,13,20,26H,4,11-12H2,1-3H3/b21-19-. The van der Waals surface area contributed by atoms with E-state index in [0.717, 1.165) is 17.5 Å². The number of rotatable bonds is 6. The molecule has 1 unspecified atom stereocenters. The van der Waals surface area contributed by atoms with Crippen LogP contribution in [-0.2, 0) is 20.7 Å². The largest absolute Gasteiger partial charge is 0.507 e. The van der Waals surface area contributed by atoms with Crippen LogP contribution in [0, 0.1) is 12.7 Å². The van der Waals surface area contributed by atoms with Crippen LogP contribution < -0.4 is 0 Å². The van der Waals surface area contributed by atoms with Crippen molar-refractivity contribution in [1.29, 1.82) is 0 Å². The monoisotopic (exact) mass is 397 g/mol. The predicted octanol–water partition coefficient (Wildman–Crippen LogP) is 3.76. The highest BCUT2D eigenvalue weighted by Crippen LogP contribution is 2.39. The Hall–Kier alpha value is -2.99. The van der Waals surface area contributed by atoms with Gasteiger partial charge in [-0.25, -0.2) is 4.39 Å². The number of carbonyl (C=O) groups is 2. The van der Waals surface area contributed by atoms with Gasteiger partial charge < -0.3 is 14.7 Å². The van der Waals surface area contributed by atoms with Gasteiger partial charge in [-0.2, -0.15) is 0 Å². The van der Waals surface area contributed by atoms with Gasteiger partial charge in [-0.1, -0.05) is 31.2 Å². The van der Waals surface area contributed by atoms with E-state index in [1.165, 1.54) is 30.2 Å². The Morgan fingerprint density at radius 1 is 1.17 bits per heavy atom. The van der Waals surface area contributed by atoms with Crippen molar-refractivity contribution >= 4 is 17.4 Å². The van der Waals surface area contributed by atoms with E-state index < -0.39 is 23.5 Å². The van der Waals surface area contributed by atoms with E-state index in [1.807, 2.05) is 31.2 Å². The van der Waals surface area contributed by atoms with Crippen LogP contribution in [0.15, 0.2) is 48.0 Å². The number of benzene rings is 2. The maximum atomic E-state index is 13.7. The Bertz CT molecular complexity index is 965. The Kier molecular flexibility index (Phi) is 6.13.